The highest BCUT2D eigenvalue weighted by Gasteiger charge is 2.36. The van der Waals surface area contributed by atoms with E-state index in [4.69, 9.17) is 24.0 Å². The van der Waals surface area contributed by atoms with Crippen LogP contribution < -0.4 is 0 Å². The number of rotatable bonds is 39. The number of unbranched alkanes of at least 4 members (excludes halogenated alkanes) is 19. The van der Waals surface area contributed by atoms with Crippen LogP contribution in [0, 0.1) is 0 Å². The fraction of sp³-hybridized carbons (Fsp3) is 0.778. The summed E-state index contributed by atoms with van der Waals surface area (Å²) in [6.07, 6.45) is 47.2. The number of phosphoric acid groups is 1. The van der Waals surface area contributed by atoms with Gasteiger partial charge in [0.05, 0.1) is 18.8 Å². The lowest BCUT2D eigenvalue weighted by atomic mass is 10.1. The molecule has 1 fully saturated rings. The second-order valence-corrected chi connectivity index (χ2v) is 16.3. The highest BCUT2D eigenvalue weighted by Crippen LogP contribution is 2.36. The van der Waals surface area contributed by atoms with Crippen molar-refractivity contribution in [1.29, 1.82) is 0 Å². The maximum absolute atomic E-state index is 12.4. The van der Waals surface area contributed by atoms with Crippen molar-refractivity contribution < 1.29 is 42.7 Å². The van der Waals surface area contributed by atoms with E-state index >= 15 is 0 Å². The summed E-state index contributed by atoms with van der Waals surface area (Å²) in [5, 5.41) is 0. The molecule has 0 aromatic rings. The smallest absolute Gasteiger partial charge is 0.462 e. The molecular weight excluding hydrogens is 715 g/mol. The molecule has 0 amide bonds. The fourth-order valence-electron chi connectivity index (χ4n) is 6.28. The number of hydrogen-bond donors (Lipinski definition) is 2. The van der Waals surface area contributed by atoms with Crippen LogP contribution in [0.1, 0.15) is 194 Å². The van der Waals surface area contributed by atoms with E-state index in [1.54, 1.807) is 0 Å². The van der Waals surface area contributed by atoms with Gasteiger partial charge in [0.15, 0.2) is 6.10 Å². The minimum Gasteiger partial charge on any atom is -0.462 e. The van der Waals surface area contributed by atoms with E-state index in [1.807, 2.05) is 6.08 Å². The van der Waals surface area contributed by atoms with Crippen molar-refractivity contribution in [3.8, 4) is 0 Å². The largest absolute Gasteiger partial charge is 0.469 e. The molecule has 0 radical (unpaired) electrons. The van der Waals surface area contributed by atoms with E-state index < -0.39 is 32.5 Å². The van der Waals surface area contributed by atoms with Crippen molar-refractivity contribution in [2.75, 3.05) is 13.2 Å². The summed E-state index contributed by atoms with van der Waals surface area (Å²) in [7, 11) is -4.77. The minimum atomic E-state index is -4.77. The van der Waals surface area contributed by atoms with E-state index in [0.29, 0.717) is 25.0 Å². The highest BCUT2D eigenvalue weighted by atomic mass is 31.2. The molecule has 9 nitrogen and oxygen atoms in total. The molecule has 1 aliphatic rings. The molecule has 0 aliphatic carbocycles. The molecule has 318 valence electrons. The topological polar surface area (TPSA) is 132 Å². The zero-order valence-electron chi connectivity index (χ0n) is 34.8. The lowest BCUT2D eigenvalue weighted by Gasteiger charge is -2.18. The third kappa shape index (κ3) is 36.1. The van der Waals surface area contributed by atoms with Crippen LogP contribution in [-0.4, -0.2) is 53.3 Å². The molecule has 0 aromatic heterocycles. The zero-order valence-corrected chi connectivity index (χ0v) is 35.7. The predicted octanol–water partition coefficient (Wildman–Crippen LogP) is 12.5. The first-order valence-corrected chi connectivity index (χ1v) is 23.6. The Morgan fingerprint density at radius 1 is 0.564 bits per heavy atom. The first-order valence-electron chi connectivity index (χ1n) is 22.1. The average molecular weight is 795 g/mol. The van der Waals surface area contributed by atoms with Crippen LogP contribution in [0.4, 0.5) is 0 Å². The third-order valence-electron chi connectivity index (χ3n) is 9.72. The summed E-state index contributed by atoms with van der Waals surface area (Å²) in [4.78, 5) is 42.9. The number of ether oxygens (including phenoxy) is 3. The van der Waals surface area contributed by atoms with Crippen LogP contribution in [0.5, 0.6) is 0 Å². The van der Waals surface area contributed by atoms with Gasteiger partial charge < -0.3 is 24.0 Å². The number of allylic oxidation sites excluding steroid dienone is 6. The number of esters is 2. The first kappa shape index (κ1) is 51.0. The van der Waals surface area contributed by atoms with Gasteiger partial charge in [0, 0.05) is 12.8 Å². The van der Waals surface area contributed by atoms with Crippen LogP contribution in [0.2, 0.25) is 0 Å². The molecule has 0 bridgehead atoms. The second-order valence-electron chi connectivity index (χ2n) is 15.1. The van der Waals surface area contributed by atoms with Gasteiger partial charge in [-0.1, -0.05) is 152 Å². The molecule has 1 saturated heterocycles. The van der Waals surface area contributed by atoms with Gasteiger partial charge in [0.25, 0.3) is 0 Å². The molecule has 2 unspecified atom stereocenters. The van der Waals surface area contributed by atoms with Gasteiger partial charge in [-0.05, 0) is 77.0 Å². The van der Waals surface area contributed by atoms with E-state index in [2.05, 4.69) is 60.9 Å². The van der Waals surface area contributed by atoms with Gasteiger partial charge in [-0.3, -0.25) is 14.1 Å². The average Bonchev–Trinajstić information content (AvgIpc) is 3.91. The molecule has 1 aliphatic heterocycles. The van der Waals surface area contributed by atoms with E-state index in [1.165, 1.54) is 103 Å². The summed E-state index contributed by atoms with van der Waals surface area (Å²) in [5.41, 5.74) is 0. The predicted molar refractivity (Wildman–Crippen MR) is 225 cm³/mol. The van der Waals surface area contributed by atoms with Crippen LogP contribution in [0.15, 0.2) is 48.6 Å². The maximum Gasteiger partial charge on any atom is 0.469 e. The Morgan fingerprint density at radius 2 is 1.00 bits per heavy atom. The number of phosphoric ester groups is 1. The molecule has 0 spiro atoms. The van der Waals surface area contributed by atoms with Gasteiger partial charge in [-0.15, -0.1) is 0 Å². The van der Waals surface area contributed by atoms with Crippen molar-refractivity contribution in [1.82, 2.24) is 0 Å². The number of carbonyl (C=O) groups excluding carboxylic acids is 2. The van der Waals surface area contributed by atoms with Gasteiger partial charge in [-0.25, -0.2) is 4.57 Å². The van der Waals surface area contributed by atoms with E-state index in [9.17, 15) is 14.2 Å². The third-order valence-corrected chi connectivity index (χ3v) is 10.2. The van der Waals surface area contributed by atoms with Crippen molar-refractivity contribution in [2.24, 2.45) is 0 Å². The second kappa shape index (κ2) is 36.3. The molecule has 3 atom stereocenters. The standard InChI is InChI=1S/C45H79O9P/c1-3-5-7-9-11-12-13-14-15-16-17-18-19-20-21-22-25-30-34-38-45(47)53-41(40-52-55(48,49)50)39-51-44(46)37-33-29-26-23-24-28-32-36-43-42(54-43)35-31-27-10-8-6-4-2/h14-15,23,26-28,31-32,41-43H,3-13,16-22,24-25,29-30,33-40H2,1-2H3,(H2,48,49,50)/b15-14-,26-23-,31-27-,32-28-/t41-,42?,43?/m1/s1. The summed E-state index contributed by atoms with van der Waals surface area (Å²) >= 11 is 0. The highest BCUT2D eigenvalue weighted by molar-refractivity contribution is 7.46. The Kier molecular flexibility index (Phi) is 33.7. The van der Waals surface area contributed by atoms with Crippen LogP contribution in [0.25, 0.3) is 0 Å². The van der Waals surface area contributed by atoms with Crippen molar-refractivity contribution in [2.45, 2.75) is 212 Å². The van der Waals surface area contributed by atoms with Crippen molar-refractivity contribution in [3.05, 3.63) is 48.6 Å². The van der Waals surface area contributed by atoms with E-state index in [-0.39, 0.29) is 19.4 Å². The lowest BCUT2D eigenvalue weighted by Crippen LogP contribution is -2.29. The summed E-state index contributed by atoms with van der Waals surface area (Å²) < 4.78 is 32.1. The van der Waals surface area contributed by atoms with Gasteiger partial charge in [0.2, 0.25) is 0 Å². The van der Waals surface area contributed by atoms with Crippen LogP contribution in [-0.2, 0) is 32.9 Å². The SMILES string of the molecule is CCCCC/C=C\CC1OC1C/C=C\C/C=C\CCCC(=O)OC[C@H](COP(=O)(O)O)OC(=O)CCCCCCCCCCC/C=C\CCCCCCCC. The zero-order chi connectivity index (χ0) is 40.1. The van der Waals surface area contributed by atoms with Crippen molar-refractivity contribution >= 4 is 19.8 Å². The number of hydrogen-bond acceptors (Lipinski definition) is 7. The van der Waals surface area contributed by atoms with Crippen LogP contribution >= 0.6 is 7.82 Å². The normalized spacial score (nSPS) is 16.6. The minimum absolute atomic E-state index is 0.185. The maximum atomic E-state index is 12.4. The summed E-state index contributed by atoms with van der Waals surface area (Å²) in [6.45, 7) is 3.60. The Bertz CT molecular complexity index is 1100. The Balaban J connectivity index is 2.08. The number of carbonyl (C=O) groups is 2. The van der Waals surface area contributed by atoms with Gasteiger partial charge >= 0.3 is 19.8 Å². The van der Waals surface area contributed by atoms with Gasteiger partial charge in [-0.2, -0.15) is 0 Å². The van der Waals surface area contributed by atoms with Crippen molar-refractivity contribution in [3.63, 3.8) is 0 Å². The Labute approximate surface area is 335 Å². The molecule has 1 rings (SSSR count). The number of epoxide rings is 1. The molecule has 0 aromatic carbocycles. The molecule has 1 heterocycles. The van der Waals surface area contributed by atoms with Gasteiger partial charge in [0.1, 0.15) is 6.61 Å². The van der Waals surface area contributed by atoms with E-state index in [0.717, 1.165) is 51.4 Å². The molecule has 0 saturated carbocycles. The summed E-state index contributed by atoms with van der Waals surface area (Å²) in [5.74, 6) is -0.957. The molecule has 55 heavy (non-hydrogen) atoms. The summed E-state index contributed by atoms with van der Waals surface area (Å²) in [6, 6.07) is 0. The quantitative estimate of drug-likeness (QED) is 0.0205. The Morgan fingerprint density at radius 3 is 1.60 bits per heavy atom. The van der Waals surface area contributed by atoms with Crippen LogP contribution in [0.3, 0.4) is 0 Å². The molecule has 10 heteroatoms. The molecule has 2 N–H and O–H groups in total. The first-order chi connectivity index (χ1) is 26.7. The monoisotopic (exact) mass is 795 g/mol. The molecular formula is C45H79O9P. The Hall–Kier alpha value is -2.03. The lowest BCUT2D eigenvalue weighted by molar-refractivity contribution is -0.161. The fourth-order valence-corrected chi connectivity index (χ4v) is 6.64.